The van der Waals surface area contributed by atoms with E-state index in [0.29, 0.717) is 38.3 Å². The van der Waals surface area contributed by atoms with Gasteiger partial charge in [0.15, 0.2) is 5.69 Å². The monoisotopic (exact) mass is 368 g/mol. The maximum atomic E-state index is 12.8. The molecule has 0 aromatic carbocycles. The molecule has 26 heavy (non-hydrogen) atoms. The van der Waals surface area contributed by atoms with Crippen molar-refractivity contribution in [2.45, 2.75) is 19.5 Å². The van der Waals surface area contributed by atoms with Crippen LogP contribution in [0, 0.1) is 6.92 Å². The summed E-state index contributed by atoms with van der Waals surface area (Å²) < 4.78 is 40.1. The van der Waals surface area contributed by atoms with Crippen molar-refractivity contribution in [2.24, 2.45) is 7.05 Å². The van der Waals surface area contributed by atoms with Crippen LogP contribution < -0.4 is 4.90 Å². The predicted molar refractivity (Wildman–Crippen MR) is 87.7 cm³/mol. The number of alkyl halides is 3. The van der Waals surface area contributed by atoms with Crippen LogP contribution in [-0.2, 0) is 13.2 Å². The van der Waals surface area contributed by atoms with E-state index in [1.54, 1.807) is 27.6 Å². The molecule has 1 saturated heterocycles. The molecule has 1 aliphatic rings. The summed E-state index contributed by atoms with van der Waals surface area (Å²) in [6.45, 7) is 3.57. The van der Waals surface area contributed by atoms with Crippen LogP contribution in [0.3, 0.4) is 0 Å². The molecule has 0 aliphatic carbocycles. The Morgan fingerprint density at radius 2 is 1.96 bits per heavy atom. The number of anilines is 1. The van der Waals surface area contributed by atoms with Crippen molar-refractivity contribution in [3.8, 4) is 0 Å². The van der Waals surface area contributed by atoms with E-state index in [4.69, 9.17) is 0 Å². The Morgan fingerprint density at radius 3 is 2.62 bits per heavy atom. The molecule has 0 radical (unpaired) electrons. The number of aryl methyl sites for hydroxylation is 2. The SMILES string of the molecule is Cc1cc(C(=O)N2CCCN(c3nccc(C(F)(F)F)n3)CC2)nn1C. The molecular formula is C16H19F3N6O. The van der Waals surface area contributed by atoms with E-state index in [1.165, 1.54) is 0 Å². The quantitative estimate of drug-likeness (QED) is 0.810. The number of rotatable bonds is 2. The first-order valence-corrected chi connectivity index (χ1v) is 8.21. The third-order valence-corrected chi connectivity index (χ3v) is 4.33. The lowest BCUT2D eigenvalue weighted by Crippen LogP contribution is -2.36. The lowest BCUT2D eigenvalue weighted by atomic mass is 10.3. The summed E-state index contributed by atoms with van der Waals surface area (Å²) in [5.74, 6) is -0.150. The number of hydrogen-bond donors (Lipinski definition) is 0. The highest BCUT2D eigenvalue weighted by atomic mass is 19.4. The van der Waals surface area contributed by atoms with Crippen LogP contribution >= 0.6 is 0 Å². The van der Waals surface area contributed by atoms with Gasteiger partial charge in [0.2, 0.25) is 5.95 Å². The highest BCUT2D eigenvalue weighted by molar-refractivity contribution is 5.92. The van der Waals surface area contributed by atoms with E-state index in [-0.39, 0.29) is 11.9 Å². The minimum atomic E-state index is -4.51. The van der Waals surface area contributed by atoms with E-state index in [1.807, 2.05) is 6.92 Å². The second-order valence-electron chi connectivity index (χ2n) is 6.17. The Morgan fingerprint density at radius 1 is 1.19 bits per heavy atom. The topological polar surface area (TPSA) is 67.2 Å². The normalized spacial score (nSPS) is 15.9. The van der Waals surface area contributed by atoms with Gasteiger partial charge in [-0.1, -0.05) is 0 Å². The van der Waals surface area contributed by atoms with Crippen LogP contribution in [0.2, 0.25) is 0 Å². The van der Waals surface area contributed by atoms with Crippen molar-refractivity contribution >= 4 is 11.9 Å². The molecular weight excluding hydrogens is 349 g/mol. The summed E-state index contributed by atoms with van der Waals surface area (Å²) in [5.41, 5.74) is 0.277. The first-order chi connectivity index (χ1) is 12.3. The molecule has 10 heteroatoms. The van der Waals surface area contributed by atoms with Gasteiger partial charge in [0.05, 0.1) is 0 Å². The average Bonchev–Trinajstić information content (AvgIpc) is 2.80. The molecule has 2 aromatic heterocycles. The van der Waals surface area contributed by atoms with Gasteiger partial charge < -0.3 is 9.80 Å². The predicted octanol–water partition coefficient (Wildman–Crippen LogP) is 1.89. The molecule has 3 heterocycles. The fourth-order valence-electron chi connectivity index (χ4n) is 2.81. The first-order valence-electron chi connectivity index (χ1n) is 8.21. The Bertz CT molecular complexity index is 784. The molecule has 0 bridgehead atoms. The van der Waals surface area contributed by atoms with Crippen molar-refractivity contribution in [1.29, 1.82) is 0 Å². The zero-order valence-corrected chi connectivity index (χ0v) is 14.5. The van der Waals surface area contributed by atoms with Crippen LogP contribution in [0.15, 0.2) is 18.3 Å². The molecule has 3 rings (SSSR count). The van der Waals surface area contributed by atoms with Crippen molar-refractivity contribution in [2.75, 3.05) is 31.1 Å². The first kappa shape index (κ1) is 18.2. The standard InChI is InChI=1S/C16H19F3N6O/c1-11-10-12(22-23(11)2)14(26)24-6-3-7-25(9-8-24)15-20-5-4-13(21-15)16(17,18)19/h4-5,10H,3,6-9H2,1-2H3. The third-order valence-electron chi connectivity index (χ3n) is 4.33. The number of aromatic nitrogens is 4. The van der Waals surface area contributed by atoms with E-state index < -0.39 is 11.9 Å². The van der Waals surface area contributed by atoms with Crippen molar-refractivity contribution in [3.63, 3.8) is 0 Å². The Labute approximate surface area is 148 Å². The zero-order chi connectivity index (χ0) is 18.9. The third kappa shape index (κ3) is 3.78. The largest absolute Gasteiger partial charge is 0.433 e. The van der Waals surface area contributed by atoms with Gasteiger partial charge in [0.1, 0.15) is 5.69 Å². The van der Waals surface area contributed by atoms with E-state index in [9.17, 15) is 18.0 Å². The van der Waals surface area contributed by atoms with Gasteiger partial charge in [-0.25, -0.2) is 9.97 Å². The summed E-state index contributed by atoms with van der Waals surface area (Å²) in [6, 6.07) is 2.57. The summed E-state index contributed by atoms with van der Waals surface area (Å²) in [6.07, 6.45) is -2.80. The summed E-state index contributed by atoms with van der Waals surface area (Å²) in [7, 11) is 1.77. The van der Waals surface area contributed by atoms with Gasteiger partial charge in [0.25, 0.3) is 5.91 Å². The molecule has 0 spiro atoms. The van der Waals surface area contributed by atoms with Gasteiger partial charge in [0, 0.05) is 45.1 Å². The summed E-state index contributed by atoms with van der Waals surface area (Å²) in [4.78, 5) is 23.5. The molecule has 1 aliphatic heterocycles. The van der Waals surface area contributed by atoms with Crippen LogP contribution in [0.25, 0.3) is 0 Å². The minimum absolute atomic E-state index is 0.0304. The molecule has 140 valence electrons. The number of nitrogens with zero attached hydrogens (tertiary/aromatic N) is 6. The fraction of sp³-hybridized carbons (Fsp3) is 0.500. The van der Waals surface area contributed by atoms with Crippen LogP contribution in [-0.4, -0.2) is 56.7 Å². The summed E-state index contributed by atoms with van der Waals surface area (Å²) in [5, 5.41) is 4.19. The average molecular weight is 368 g/mol. The molecule has 0 saturated carbocycles. The minimum Gasteiger partial charge on any atom is -0.339 e. The van der Waals surface area contributed by atoms with Crippen molar-refractivity contribution < 1.29 is 18.0 Å². The van der Waals surface area contributed by atoms with Crippen molar-refractivity contribution in [1.82, 2.24) is 24.6 Å². The smallest absolute Gasteiger partial charge is 0.339 e. The second-order valence-corrected chi connectivity index (χ2v) is 6.17. The Hall–Kier alpha value is -2.65. The van der Waals surface area contributed by atoms with Gasteiger partial charge in [-0.15, -0.1) is 0 Å². The van der Waals surface area contributed by atoms with E-state index in [2.05, 4.69) is 15.1 Å². The lowest BCUT2D eigenvalue weighted by Gasteiger charge is -2.22. The van der Waals surface area contributed by atoms with Crippen molar-refractivity contribution in [3.05, 3.63) is 35.4 Å². The molecule has 1 amide bonds. The molecule has 0 atom stereocenters. The molecule has 1 fully saturated rings. The fourth-order valence-corrected chi connectivity index (χ4v) is 2.81. The van der Waals surface area contributed by atoms with Gasteiger partial charge >= 0.3 is 6.18 Å². The highest BCUT2D eigenvalue weighted by Gasteiger charge is 2.33. The van der Waals surface area contributed by atoms with E-state index >= 15 is 0 Å². The molecule has 7 nitrogen and oxygen atoms in total. The molecule has 0 unspecified atom stereocenters. The van der Waals surface area contributed by atoms with Crippen LogP contribution in [0.4, 0.5) is 19.1 Å². The number of amides is 1. The highest BCUT2D eigenvalue weighted by Crippen LogP contribution is 2.28. The maximum Gasteiger partial charge on any atom is 0.433 e. The Kier molecular flexibility index (Phi) is 4.84. The number of carbonyl (C=O) groups excluding carboxylic acids is 1. The maximum absolute atomic E-state index is 12.8. The second kappa shape index (κ2) is 6.93. The lowest BCUT2D eigenvalue weighted by molar-refractivity contribution is -0.141. The van der Waals surface area contributed by atoms with Crippen LogP contribution in [0.5, 0.6) is 0 Å². The molecule has 2 aromatic rings. The van der Waals surface area contributed by atoms with Crippen LogP contribution in [0.1, 0.15) is 28.3 Å². The Balaban J connectivity index is 1.71. The molecule has 0 N–H and O–H groups in total. The van der Waals surface area contributed by atoms with Gasteiger partial charge in [-0.3, -0.25) is 9.48 Å². The van der Waals surface area contributed by atoms with Gasteiger partial charge in [-0.2, -0.15) is 18.3 Å². The number of halogens is 3. The van der Waals surface area contributed by atoms with E-state index in [0.717, 1.165) is 18.0 Å². The number of hydrogen-bond acceptors (Lipinski definition) is 5. The zero-order valence-electron chi connectivity index (χ0n) is 14.5. The summed E-state index contributed by atoms with van der Waals surface area (Å²) >= 11 is 0. The number of carbonyl (C=O) groups is 1. The van der Waals surface area contributed by atoms with Gasteiger partial charge in [-0.05, 0) is 25.5 Å².